The van der Waals surface area contributed by atoms with Crippen LogP contribution >= 0.6 is 0 Å². The van der Waals surface area contributed by atoms with Crippen LogP contribution in [-0.4, -0.2) is 37.2 Å². The van der Waals surface area contributed by atoms with Crippen molar-refractivity contribution in [2.24, 2.45) is 11.8 Å². The lowest BCUT2D eigenvalue weighted by Gasteiger charge is -2.18. The second-order valence-corrected chi connectivity index (χ2v) is 15.1. The molecular formula is C43H82O6. The van der Waals surface area contributed by atoms with Gasteiger partial charge in [-0.1, -0.05) is 189 Å². The van der Waals surface area contributed by atoms with E-state index < -0.39 is 6.10 Å². The van der Waals surface area contributed by atoms with Crippen molar-refractivity contribution in [3.63, 3.8) is 0 Å². The van der Waals surface area contributed by atoms with Crippen molar-refractivity contribution in [2.45, 2.75) is 233 Å². The van der Waals surface area contributed by atoms with Crippen LogP contribution in [0.5, 0.6) is 0 Å². The van der Waals surface area contributed by atoms with Crippen molar-refractivity contribution < 1.29 is 28.6 Å². The molecule has 0 spiro atoms. The molecule has 2 unspecified atom stereocenters. The van der Waals surface area contributed by atoms with Crippen LogP contribution in [0.1, 0.15) is 227 Å². The maximum Gasteiger partial charge on any atom is 0.306 e. The first kappa shape index (κ1) is 47.4. The summed E-state index contributed by atoms with van der Waals surface area (Å²) in [6, 6.07) is 0. The lowest BCUT2D eigenvalue weighted by atomic mass is 9.99. The number of esters is 3. The average Bonchev–Trinajstić information content (AvgIpc) is 3.10. The minimum atomic E-state index is -0.760. The van der Waals surface area contributed by atoms with Crippen molar-refractivity contribution in [1.29, 1.82) is 0 Å². The number of hydrogen-bond acceptors (Lipinski definition) is 6. The van der Waals surface area contributed by atoms with E-state index in [9.17, 15) is 14.4 Å². The zero-order valence-electron chi connectivity index (χ0n) is 33.3. The van der Waals surface area contributed by atoms with Gasteiger partial charge < -0.3 is 14.2 Å². The number of ether oxygens (including phenoxy) is 3. The van der Waals surface area contributed by atoms with Gasteiger partial charge in [-0.3, -0.25) is 14.4 Å². The molecule has 0 rings (SSSR count). The second kappa shape index (κ2) is 36.2. The molecule has 0 fully saturated rings. The minimum Gasteiger partial charge on any atom is -0.462 e. The van der Waals surface area contributed by atoms with Gasteiger partial charge in [0.1, 0.15) is 13.2 Å². The summed E-state index contributed by atoms with van der Waals surface area (Å²) in [5.74, 6) is 0.789. The second-order valence-electron chi connectivity index (χ2n) is 15.1. The zero-order valence-corrected chi connectivity index (χ0v) is 33.3. The van der Waals surface area contributed by atoms with Gasteiger partial charge in [0, 0.05) is 19.3 Å². The molecule has 0 aliphatic heterocycles. The summed E-state index contributed by atoms with van der Waals surface area (Å²) >= 11 is 0. The van der Waals surface area contributed by atoms with Crippen molar-refractivity contribution >= 4 is 17.9 Å². The van der Waals surface area contributed by atoms with Gasteiger partial charge in [-0.2, -0.15) is 0 Å². The fraction of sp³-hybridized carbons (Fsp3) is 0.930. The molecule has 0 saturated carbocycles. The maximum atomic E-state index is 12.6. The quantitative estimate of drug-likeness (QED) is 0.0366. The topological polar surface area (TPSA) is 78.9 Å². The van der Waals surface area contributed by atoms with Gasteiger partial charge in [0.15, 0.2) is 6.10 Å². The SMILES string of the molecule is CCCCCCCCCCCC(=O)OC[C@@H](COC(=O)CCCCCCCCCCC(C)CC)OC(=O)CCCCCCCCC(C)CC. The van der Waals surface area contributed by atoms with Gasteiger partial charge in [0.25, 0.3) is 0 Å². The number of rotatable bonds is 37. The maximum absolute atomic E-state index is 12.6. The minimum absolute atomic E-state index is 0.0666. The van der Waals surface area contributed by atoms with Gasteiger partial charge in [-0.15, -0.1) is 0 Å². The van der Waals surface area contributed by atoms with Gasteiger partial charge >= 0.3 is 17.9 Å². The average molecular weight is 695 g/mol. The Hall–Kier alpha value is -1.59. The third kappa shape index (κ3) is 34.6. The standard InChI is InChI=1S/C43H82O6/c1-6-9-10-11-12-13-17-23-28-33-41(44)47-36-40(49-43(46)35-30-25-20-19-22-27-32-39(5)8-3)37-48-42(45)34-29-24-18-15-14-16-21-26-31-38(4)7-2/h38-40H,6-37H2,1-5H3/t38?,39?,40-/m0/s1. The molecule has 0 aliphatic rings. The lowest BCUT2D eigenvalue weighted by Crippen LogP contribution is -2.30. The van der Waals surface area contributed by atoms with Crippen molar-refractivity contribution in [1.82, 2.24) is 0 Å². The summed E-state index contributed by atoms with van der Waals surface area (Å²) in [6.07, 6.45) is 32.3. The normalized spacial score (nSPS) is 13.2. The molecule has 49 heavy (non-hydrogen) atoms. The Kier molecular flexibility index (Phi) is 35.0. The Morgan fingerprint density at radius 3 is 1.06 bits per heavy atom. The van der Waals surface area contributed by atoms with Crippen molar-refractivity contribution in [3.05, 3.63) is 0 Å². The van der Waals surface area contributed by atoms with Gasteiger partial charge in [0.05, 0.1) is 0 Å². The molecule has 0 amide bonds. The molecule has 3 atom stereocenters. The monoisotopic (exact) mass is 695 g/mol. The third-order valence-corrected chi connectivity index (χ3v) is 10.2. The van der Waals surface area contributed by atoms with E-state index in [4.69, 9.17) is 14.2 Å². The van der Waals surface area contributed by atoms with Crippen LogP contribution in [0.25, 0.3) is 0 Å². The van der Waals surface area contributed by atoms with Crippen LogP contribution < -0.4 is 0 Å². The van der Waals surface area contributed by atoms with Gasteiger partial charge in [0.2, 0.25) is 0 Å². The number of unbranched alkanes of at least 4 members (excludes halogenated alkanes) is 20. The van der Waals surface area contributed by atoms with Crippen LogP contribution in [0.3, 0.4) is 0 Å². The fourth-order valence-corrected chi connectivity index (χ4v) is 6.16. The predicted octanol–water partition coefficient (Wildman–Crippen LogP) is 13.0. The summed E-state index contributed by atoms with van der Waals surface area (Å²) < 4.78 is 16.6. The van der Waals surface area contributed by atoms with Crippen molar-refractivity contribution in [3.8, 4) is 0 Å². The highest BCUT2D eigenvalue weighted by Crippen LogP contribution is 2.17. The van der Waals surface area contributed by atoms with Crippen LogP contribution in [0.2, 0.25) is 0 Å². The predicted molar refractivity (Wildman–Crippen MR) is 206 cm³/mol. The molecule has 0 aromatic heterocycles. The molecule has 0 aromatic carbocycles. The van der Waals surface area contributed by atoms with Gasteiger partial charge in [-0.25, -0.2) is 0 Å². The van der Waals surface area contributed by atoms with Crippen molar-refractivity contribution in [2.75, 3.05) is 13.2 Å². The molecule has 0 heterocycles. The highest BCUT2D eigenvalue weighted by molar-refractivity contribution is 5.71. The van der Waals surface area contributed by atoms with E-state index in [-0.39, 0.29) is 31.1 Å². The van der Waals surface area contributed by atoms with E-state index in [1.165, 1.54) is 116 Å². The Balaban J connectivity index is 4.36. The summed E-state index contributed by atoms with van der Waals surface area (Å²) in [7, 11) is 0. The van der Waals surface area contributed by atoms with E-state index in [0.29, 0.717) is 19.3 Å². The lowest BCUT2D eigenvalue weighted by molar-refractivity contribution is -0.167. The number of carbonyl (C=O) groups excluding carboxylic acids is 3. The molecule has 0 aromatic rings. The first-order valence-electron chi connectivity index (χ1n) is 21.3. The Bertz CT molecular complexity index is 753. The molecule has 0 radical (unpaired) electrons. The van der Waals surface area contributed by atoms with E-state index in [2.05, 4.69) is 34.6 Å². The summed E-state index contributed by atoms with van der Waals surface area (Å²) in [5.41, 5.74) is 0. The van der Waals surface area contributed by atoms with Crippen LogP contribution in [0, 0.1) is 11.8 Å². The summed E-state index contributed by atoms with van der Waals surface area (Å²) in [6.45, 7) is 11.3. The van der Waals surface area contributed by atoms with Crippen LogP contribution in [0.4, 0.5) is 0 Å². The molecule has 0 aliphatic carbocycles. The van der Waals surface area contributed by atoms with E-state index in [0.717, 1.165) is 69.6 Å². The molecule has 0 N–H and O–H groups in total. The Morgan fingerprint density at radius 2 is 0.714 bits per heavy atom. The smallest absolute Gasteiger partial charge is 0.306 e. The van der Waals surface area contributed by atoms with E-state index in [1.54, 1.807) is 0 Å². The first-order valence-corrected chi connectivity index (χ1v) is 21.3. The van der Waals surface area contributed by atoms with Crippen LogP contribution in [0.15, 0.2) is 0 Å². The van der Waals surface area contributed by atoms with Gasteiger partial charge in [-0.05, 0) is 31.1 Å². The molecular weight excluding hydrogens is 612 g/mol. The summed E-state index contributed by atoms with van der Waals surface area (Å²) in [4.78, 5) is 37.5. The Labute approximate surface area is 304 Å². The fourth-order valence-electron chi connectivity index (χ4n) is 6.16. The molecule has 0 bridgehead atoms. The number of carbonyl (C=O) groups is 3. The number of hydrogen-bond donors (Lipinski definition) is 0. The van der Waals surface area contributed by atoms with Crippen LogP contribution in [-0.2, 0) is 28.6 Å². The molecule has 6 nitrogen and oxygen atoms in total. The largest absolute Gasteiger partial charge is 0.462 e. The highest BCUT2D eigenvalue weighted by atomic mass is 16.6. The zero-order chi connectivity index (χ0) is 36.2. The van der Waals surface area contributed by atoms with E-state index >= 15 is 0 Å². The third-order valence-electron chi connectivity index (χ3n) is 10.2. The Morgan fingerprint density at radius 1 is 0.408 bits per heavy atom. The first-order chi connectivity index (χ1) is 23.8. The molecule has 290 valence electrons. The van der Waals surface area contributed by atoms with E-state index in [1.807, 2.05) is 0 Å². The molecule has 0 saturated heterocycles. The summed E-state index contributed by atoms with van der Waals surface area (Å²) in [5, 5.41) is 0. The molecule has 6 heteroatoms. The highest BCUT2D eigenvalue weighted by Gasteiger charge is 2.19.